The average Bonchev–Trinajstić information content (AvgIpc) is 3.53. The van der Waals surface area contributed by atoms with Crippen molar-refractivity contribution in [3.8, 4) is 17.2 Å². The number of hydrogen-bond donors (Lipinski definition) is 1. The van der Waals surface area contributed by atoms with Gasteiger partial charge in [-0.25, -0.2) is 13.4 Å². The Bertz CT molecular complexity index is 1620. The number of sulfonamides is 1. The van der Waals surface area contributed by atoms with Crippen LogP contribution < -0.4 is 25.2 Å². The summed E-state index contributed by atoms with van der Waals surface area (Å²) in [5.41, 5.74) is 1.46. The van der Waals surface area contributed by atoms with E-state index < -0.39 is 10.0 Å². The lowest BCUT2D eigenvalue weighted by Crippen LogP contribution is -2.49. The fraction of sp³-hybridized carbons (Fsp3) is 0.321. The van der Waals surface area contributed by atoms with Crippen LogP contribution in [0.3, 0.4) is 0 Å². The van der Waals surface area contributed by atoms with Gasteiger partial charge < -0.3 is 24.3 Å². The standard InChI is InChI=1S/C28H33N7O5S/c1-39-23-9-10-25(40-2)26(19-23)41(37,38)34-17-15-33(16-18-34)24-20-31-35(22-7-4-3-5-8-22)28(36)27(24)30-11-6-13-32-14-12-29-21-32/h3-5,7-10,12,14,19-21,30H,6,11,13,15-18H2,1-2H3. The van der Waals surface area contributed by atoms with E-state index in [1.807, 2.05) is 46.0 Å². The van der Waals surface area contributed by atoms with E-state index in [1.165, 1.54) is 29.3 Å². The van der Waals surface area contributed by atoms with Gasteiger partial charge in [-0.1, -0.05) is 18.2 Å². The molecule has 0 bridgehead atoms. The molecule has 2 aromatic heterocycles. The highest BCUT2D eigenvalue weighted by Gasteiger charge is 2.32. The third kappa shape index (κ3) is 6.05. The van der Waals surface area contributed by atoms with Crippen LogP contribution in [0.25, 0.3) is 5.69 Å². The van der Waals surface area contributed by atoms with Crippen LogP contribution in [0.1, 0.15) is 6.42 Å². The summed E-state index contributed by atoms with van der Waals surface area (Å²) in [4.78, 5) is 19.8. The Morgan fingerprint density at radius 3 is 2.46 bits per heavy atom. The predicted molar refractivity (Wildman–Crippen MR) is 156 cm³/mol. The number of aromatic nitrogens is 4. The highest BCUT2D eigenvalue weighted by Crippen LogP contribution is 2.32. The van der Waals surface area contributed by atoms with E-state index in [0.29, 0.717) is 42.4 Å². The number of nitrogens with zero attached hydrogens (tertiary/aromatic N) is 6. The monoisotopic (exact) mass is 579 g/mol. The van der Waals surface area contributed by atoms with Crippen molar-refractivity contribution in [2.24, 2.45) is 0 Å². The molecule has 216 valence electrons. The molecule has 5 rings (SSSR count). The Morgan fingerprint density at radius 2 is 1.78 bits per heavy atom. The molecule has 1 aliphatic rings. The number of methoxy groups -OCH3 is 2. The molecule has 2 aromatic carbocycles. The van der Waals surface area contributed by atoms with Crippen LogP contribution in [0.4, 0.5) is 11.4 Å². The maximum absolute atomic E-state index is 13.7. The summed E-state index contributed by atoms with van der Waals surface area (Å²) in [6.45, 7) is 2.53. The fourth-order valence-electron chi connectivity index (χ4n) is 4.79. The SMILES string of the molecule is COc1ccc(OC)c(S(=O)(=O)N2CCN(c3cnn(-c4ccccc4)c(=O)c3NCCCn3ccnc3)CC2)c1. The van der Waals surface area contributed by atoms with E-state index in [9.17, 15) is 13.2 Å². The molecule has 4 aromatic rings. The van der Waals surface area contributed by atoms with Gasteiger partial charge in [0.1, 0.15) is 22.1 Å². The van der Waals surface area contributed by atoms with E-state index in [0.717, 1.165) is 13.0 Å². The second-order valence-corrected chi connectivity index (χ2v) is 11.4. The molecule has 1 N–H and O–H groups in total. The first-order chi connectivity index (χ1) is 19.9. The number of para-hydroxylation sites is 1. The Morgan fingerprint density at radius 1 is 1.00 bits per heavy atom. The van der Waals surface area contributed by atoms with Gasteiger partial charge in [0, 0.05) is 57.7 Å². The summed E-state index contributed by atoms with van der Waals surface area (Å²) >= 11 is 0. The third-order valence-electron chi connectivity index (χ3n) is 6.98. The third-order valence-corrected chi connectivity index (χ3v) is 8.90. The molecule has 0 spiro atoms. The highest BCUT2D eigenvalue weighted by atomic mass is 32.2. The lowest BCUT2D eigenvalue weighted by molar-refractivity contribution is 0.370. The summed E-state index contributed by atoms with van der Waals surface area (Å²) in [7, 11) is -0.922. The van der Waals surface area contributed by atoms with Gasteiger partial charge in [0.2, 0.25) is 10.0 Å². The minimum Gasteiger partial charge on any atom is -0.497 e. The van der Waals surface area contributed by atoms with E-state index >= 15 is 0 Å². The minimum atomic E-state index is -3.85. The smallest absolute Gasteiger partial charge is 0.296 e. The number of ether oxygens (including phenoxy) is 2. The summed E-state index contributed by atoms with van der Waals surface area (Å²) in [6.07, 6.45) is 7.83. The quantitative estimate of drug-likeness (QED) is 0.267. The van der Waals surface area contributed by atoms with Crippen LogP contribution in [-0.2, 0) is 16.6 Å². The van der Waals surface area contributed by atoms with Crippen LogP contribution in [0.2, 0.25) is 0 Å². The topological polar surface area (TPSA) is 124 Å². The number of nitrogens with one attached hydrogen (secondary N) is 1. The first kappa shape index (κ1) is 28.2. The molecule has 0 radical (unpaired) electrons. The molecule has 13 heteroatoms. The van der Waals surface area contributed by atoms with Crippen LogP contribution in [0.15, 0.2) is 83.1 Å². The van der Waals surface area contributed by atoms with Crippen LogP contribution in [0.5, 0.6) is 11.5 Å². The number of rotatable bonds is 11. The van der Waals surface area contributed by atoms with Gasteiger partial charge >= 0.3 is 0 Å². The van der Waals surface area contributed by atoms with Crippen LogP contribution in [-0.4, -0.2) is 79.0 Å². The van der Waals surface area contributed by atoms with Crippen LogP contribution >= 0.6 is 0 Å². The van der Waals surface area contributed by atoms with Gasteiger partial charge in [-0.05, 0) is 30.7 Å². The van der Waals surface area contributed by atoms with Crippen molar-refractivity contribution >= 4 is 21.4 Å². The summed E-state index contributed by atoms with van der Waals surface area (Å²) in [5, 5.41) is 7.79. The first-order valence-corrected chi connectivity index (χ1v) is 14.7. The van der Waals surface area contributed by atoms with Gasteiger partial charge in [0.05, 0.1) is 38.1 Å². The Labute approximate surface area is 238 Å². The van der Waals surface area contributed by atoms with Crippen molar-refractivity contribution in [2.75, 3.05) is 57.2 Å². The first-order valence-electron chi connectivity index (χ1n) is 13.3. The van der Waals surface area contributed by atoms with Crippen molar-refractivity contribution in [1.29, 1.82) is 0 Å². The molecule has 1 saturated heterocycles. The summed E-state index contributed by atoms with van der Waals surface area (Å²) in [5.74, 6) is 0.681. The van der Waals surface area contributed by atoms with Crippen molar-refractivity contribution in [3.05, 3.63) is 83.8 Å². The van der Waals surface area contributed by atoms with Crippen molar-refractivity contribution in [1.82, 2.24) is 23.6 Å². The largest absolute Gasteiger partial charge is 0.497 e. The molecular weight excluding hydrogens is 546 g/mol. The summed E-state index contributed by atoms with van der Waals surface area (Å²) in [6, 6.07) is 14.0. The molecule has 0 atom stereocenters. The summed E-state index contributed by atoms with van der Waals surface area (Å²) < 4.78 is 42.5. The molecule has 1 fully saturated rings. The molecule has 1 aliphatic heterocycles. The average molecular weight is 580 g/mol. The maximum atomic E-state index is 13.7. The van der Waals surface area contributed by atoms with Crippen molar-refractivity contribution in [3.63, 3.8) is 0 Å². The van der Waals surface area contributed by atoms with Crippen molar-refractivity contribution < 1.29 is 17.9 Å². The molecule has 0 aliphatic carbocycles. The predicted octanol–water partition coefficient (Wildman–Crippen LogP) is 2.46. The van der Waals surface area contributed by atoms with E-state index in [2.05, 4.69) is 15.4 Å². The normalized spacial score (nSPS) is 14.1. The van der Waals surface area contributed by atoms with E-state index in [4.69, 9.17) is 9.47 Å². The van der Waals surface area contributed by atoms with Gasteiger partial charge in [-0.3, -0.25) is 4.79 Å². The van der Waals surface area contributed by atoms with Gasteiger partial charge in [-0.15, -0.1) is 0 Å². The minimum absolute atomic E-state index is 0.0557. The zero-order valence-corrected chi connectivity index (χ0v) is 23.8. The highest BCUT2D eigenvalue weighted by molar-refractivity contribution is 7.89. The number of hydrogen-bond acceptors (Lipinski definition) is 9. The fourth-order valence-corrected chi connectivity index (χ4v) is 6.38. The molecule has 12 nitrogen and oxygen atoms in total. The van der Waals surface area contributed by atoms with E-state index in [-0.39, 0.29) is 29.3 Å². The van der Waals surface area contributed by atoms with Gasteiger partial charge in [-0.2, -0.15) is 14.1 Å². The van der Waals surface area contributed by atoms with Crippen molar-refractivity contribution in [2.45, 2.75) is 17.9 Å². The molecule has 3 heterocycles. The zero-order valence-electron chi connectivity index (χ0n) is 23.0. The molecule has 0 unspecified atom stereocenters. The number of anilines is 2. The number of aryl methyl sites for hydroxylation is 1. The molecule has 0 amide bonds. The number of piperazine rings is 1. The van der Waals surface area contributed by atoms with Gasteiger partial charge in [0.15, 0.2) is 0 Å². The Kier molecular flexibility index (Phi) is 8.55. The Hall–Kier alpha value is -4.36. The van der Waals surface area contributed by atoms with Crippen LogP contribution in [0, 0.1) is 0 Å². The van der Waals surface area contributed by atoms with Gasteiger partial charge in [0.25, 0.3) is 5.56 Å². The second kappa shape index (κ2) is 12.4. The number of imidazole rings is 1. The molecular formula is C28H33N7O5S. The maximum Gasteiger partial charge on any atom is 0.296 e. The lowest BCUT2D eigenvalue weighted by Gasteiger charge is -2.36. The number of benzene rings is 2. The van der Waals surface area contributed by atoms with E-state index in [1.54, 1.807) is 30.9 Å². The molecule has 0 saturated carbocycles. The Balaban J connectivity index is 1.37. The molecule has 41 heavy (non-hydrogen) atoms. The lowest BCUT2D eigenvalue weighted by atomic mass is 10.2. The second-order valence-electron chi connectivity index (χ2n) is 9.45. The zero-order chi connectivity index (χ0) is 28.8.